The van der Waals surface area contributed by atoms with Crippen molar-refractivity contribution in [2.45, 2.75) is 19.4 Å². The van der Waals surface area contributed by atoms with Gasteiger partial charge < -0.3 is 15.3 Å². The van der Waals surface area contributed by atoms with Crippen molar-refractivity contribution in [2.75, 3.05) is 13.1 Å². The number of aromatic nitrogens is 1. The minimum atomic E-state index is -0.996. The minimum Gasteiger partial charge on any atom is -0.478 e. The predicted molar refractivity (Wildman–Crippen MR) is 93.2 cm³/mol. The van der Waals surface area contributed by atoms with E-state index in [9.17, 15) is 14.0 Å². The Hall–Kier alpha value is -2.96. The van der Waals surface area contributed by atoms with Gasteiger partial charge in [0.1, 0.15) is 5.82 Å². The number of nitrogens with one attached hydrogen (secondary N) is 1. The van der Waals surface area contributed by atoms with Gasteiger partial charge in [-0.05, 0) is 48.1 Å². The van der Waals surface area contributed by atoms with Crippen LogP contribution in [0.15, 0.2) is 42.7 Å². The molecule has 1 unspecified atom stereocenters. The highest BCUT2D eigenvalue weighted by molar-refractivity contribution is 5.87. The molecule has 2 aromatic rings. The van der Waals surface area contributed by atoms with Crippen LogP contribution >= 0.6 is 0 Å². The molecule has 2 amide bonds. The Morgan fingerprint density at radius 3 is 2.88 bits per heavy atom. The second kappa shape index (κ2) is 7.95. The molecule has 1 aromatic carbocycles. The largest absolute Gasteiger partial charge is 0.478 e. The molecule has 0 aliphatic carbocycles. The fourth-order valence-corrected chi connectivity index (χ4v) is 3.17. The molecule has 1 saturated heterocycles. The topological polar surface area (TPSA) is 82.5 Å². The molecule has 1 aromatic heterocycles. The van der Waals surface area contributed by atoms with Crippen LogP contribution in [0.2, 0.25) is 0 Å². The summed E-state index contributed by atoms with van der Waals surface area (Å²) in [6, 6.07) is 7.59. The van der Waals surface area contributed by atoms with Gasteiger partial charge in [0, 0.05) is 32.0 Å². The minimum absolute atomic E-state index is 0.171. The maximum atomic E-state index is 13.2. The highest BCUT2D eigenvalue weighted by atomic mass is 19.1. The Balaban J connectivity index is 1.51. The van der Waals surface area contributed by atoms with Crippen LogP contribution in [0.25, 0.3) is 0 Å². The van der Waals surface area contributed by atoms with Crippen molar-refractivity contribution in [1.82, 2.24) is 15.2 Å². The fourth-order valence-electron chi connectivity index (χ4n) is 3.17. The van der Waals surface area contributed by atoms with E-state index in [2.05, 4.69) is 10.3 Å². The quantitative estimate of drug-likeness (QED) is 0.862. The number of hydrogen-bond acceptors (Lipinski definition) is 3. The van der Waals surface area contributed by atoms with Crippen molar-refractivity contribution in [1.29, 1.82) is 0 Å². The molecule has 7 heteroatoms. The smallest absolute Gasteiger partial charge is 0.337 e. The number of nitrogens with zero attached hydrogens (tertiary/aromatic N) is 2. The highest BCUT2D eigenvalue weighted by Crippen LogP contribution is 2.21. The number of halogens is 1. The number of rotatable bonds is 5. The van der Waals surface area contributed by atoms with Crippen molar-refractivity contribution in [3.8, 4) is 0 Å². The third kappa shape index (κ3) is 4.56. The molecule has 6 nitrogen and oxygen atoms in total. The van der Waals surface area contributed by atoms with Crippen LogP contribution in [0.4, 0.5) is 9.18 Å². The van der Waals surface area contributed by atoms with Crippen LogP contribution in [0.3, 0.4) is 0 Å². The molecule has 136 valence electrons. The normalized spacial score (nSPS) is 16.5. The average molecular weight is 357 g/mol. The number of hydrogen-bond donors (Lipinski definition) is 2. The van der Waals surface area contributed by atoms with E-state index in [0.717, 1.165) is 12.0 Å². The Morgan fingerprint density at radius 2 is 2.12 bits per heavy atom. The van der Waals surface area contributed by atoms with Gasteiger partial charge >= 0.3 is 12.0 Å². The van der Waals surface area contributed by atoms with E-state index in [4.69, 9.17) is 5.11 Å². The first-order valence-electron chi connectivity index (χ1n) is 8.45. The van der Waals surface area contributed by atoms with Gasteiger partial charge in [-0.2, -0.15) is 0 Å². The van der Waals surface area contributed by atoms with E-state index in [1.54, 1.807) is 29.3 Å². The van der Waals surface area contributed by atoms with Gasteiger partial charge in [-0.25, -0.2) is 14.0 Å². The van der Waals surface area contributed by atoms with Crippen molar-refractivity contribution < 1.29 is 19.1 Å². The first-order valence-corrected chi connectivity index (χ1v) is 8.45. The van der Waals surface area contributed by atoms with Crippen LogP contribution < -0.4 is 5.32 Å². The van der Waals surface area contributed by atoms with E-state index in [1.165, 1.54) is 18.3 Å². The molecule has 26 heavy (non-hydrogen) atoms. The summed E-state index contributed by atoms with van der Waals surface area (Å²) in [6.07, 6.45) is 4.53. The lowest BCUT2D eigenvalue weighted by Crippen LogP contribution is -2.38. The van der Waals surface area contributed by atoms with Gasteiger partial charge in [0.05, 0.1) is 5.56 Å². The molecular formula is C19H20FN3O3. The number of pyridine rings is 1. The first-order chi connectivity index (χ1) is 12.5. The molecule has 2 heterocycles. The summed E-state index contributed by atoms with van der Waals surface area (Å²) in [5, 5.41) is 11.8. The number of urea groups is 1. The lowest BCUT2D eigenvalue weighted by Gasteiger charge is -2.17. The maximum absolute atomic E-state index is 13.2. The van der Waals surface area contributed by atoms with Crippen molar-refractivity contribution in [3.05, 3.63) is 65.2 Å². The Morgan fingerprint density at radius 1 is 1.27 bits per heavy atom. The van der Waals surface area contributed by atoms with Crippen LogP contribution in [0, 0.1) is 11.7 Å². The van der Waals surface area contributed by atoms with Crippen LogP contribution in [0.1, 0.15) is 27.9 Å². The molecule has 0 saturated carbocycles. The molecule has 1 aliphatic heterocycles. The predicted octanol–water partition coefficient (Wildman–Crippen LogP) is 2.69. The van der Waals surface area contributed by atoms with Gasteiger partial charge in [-0.3, -0.25) is 4.98 Å². The standard InChI is InChI=1S/C19H20FN3O3/c20-17-3-1-2-13(8-17)10-22-19(26)23-5-4-14(12-23)6-15-7-16(18(24)25)11-21-9-15/h1-3,7-9,11,14H,4-6,10,12H2,(H,22,26)(H,24,25). The number of carbonyl (C=O) groups is 2. The SMILES string of the molecule is O=C(O)c1cncc(CC2CCN(C(=O)NCc3cccc(F)c3)C2)c1. The lowest BCUT2D eigenvalue weighted by molar-refractivity contribution is 0.0696. The van der Waals surface area contributed by atoms with Crippen molar-refractivity contribution in [3.63, 3.8) is 0 Å². The third-order valence-electron chi connectivity index (χ3n) is 4.47. The van der Waals surface area contributed by atoms with Crippen LogP contribution in [-0.4, -0.2) is 40.1 Å². The number of carboxylic acids is 1. The van der Waals surface area contributed by atoms with Crippen LogP contribution in [-0.2, 0) is 13.0 Å². The van der Waals surface area contributed by atoms with Crippen molar-refractivity contribution >= 4 is 12.0 Å². The molecule has 1 aliphatic rings. The third-order valence-corrected chi connectivity index (χ3v) is 4.47. The molecular weight excluding hydrogens is 337 g/mol. The molecule has 0 bridgehead atoms. The Kier molecular flexibility index (Phi) is 5.46. The maximum Gasteiger partial charge on any atom is 0.337 e. The van der Waals surface area contributed by atoms with Gasteiger partial charge in [0.2, 0.25) is 0 Å². The second-order valence-corrected chi connectivity index (χ2v) is 6.48. The zero-order valence-electron chi connectivity index (χ0n) is 14.2. The molecule has 3 rings (SSSR count). The monoisotopic (exact) mass is 357 g/mol. The second-order valence-electron chi connectivity index (χ2n) is 6.48. The number of carbonyl (C=O) groups excluding carboxylic acids is 1. The summed E-state index contributed by atoms with van der Waals surface area (Å²) in [4.78, 5) is 29.0. The van der Waals surface area contributed by atoms with Crippen molar-refractivity contribution in [2.24, 2.45) is 5.92 Å². The zero-order valence-corrected chi connectivity index (χ0v) is 14.2. The number of benzene rings is 1. The molecule has 0 radical (unpaired) electrons. The fraction of sp³-hybridized carbons (Fsp3) is 0.316. The summed E-state index contributed by atoms with van der Waals surface area (Å²) in [6.45, 7) is 1.53. The summed E-state index contributed by atoms with van der Waals surface area (Å²) < 4.78 is 13.2. The first kappa shape index (κ1) is 17.8. The highest BCUT2D eigenvalue weighted by Gasteiger charge is 2.26. The number of carboxylic acid groups (broad SMARTS) is 1. The van der Waals surface area contributed by atoms with Gasteiger partial charge in [-0.15, -0.1) is 0 Å². The Bertz CT molecular complexity index is 812. The van der Waals surface area contributed by atoms with E-state index in [-0.39, 0.29) is 29.9 Å². The summed E-state index contributed by atoms with van der Waals surface area (Å²) in [5.74, 6) is -1.06. The van der Waals surface area contributed by atoms with E-state index in [0.29, 0.717) is 25.1 Å². The summed E-state index contributed by atoms with van der Waals surface area (Å²) >= 11 is 0. The number of amides is 2. The zero-order chi connectivity index (χ0) is 18.5. The molecule has 2 N–H and O–H groups in total. The molecule has 0 spiro atoms. The van der Waals surface area contributed by atoms with Crippen LogP contribution in [0.5, 0.6) is 0 Å². The van der Waals surface area contributed by atoms with Gasteiger partial charge in [0.15, 0.2) is 0 Å². The summed E-state index contributed by atoms with van der Waals surface area (Å²) in [7, 11) is 0. The number of aromatic carboxylic acids is 1. The van der Waals surface area contributed by atoms with Gasteiger partial charge in [0.25, 0.3) is 0 Å². The Labute approximate surface area is 150 Å². The van der Waals surface area contributed by atoms with E-state index < -0.39 is 5.97 Å². The van der Waals surface area contributed by atoms with E-state index in [1.807, 2.05) is 0 Å². The molecule has 1 fully saturated rings. The number of likely N-dealkylation sites (tertiary alicyclic amines) is 1. The van der Waals surface area contributed by atoms with Gasteiger partial charge in [-0.1, -0.05) is 12.1 Å². The van der Waals surface area contributed by atoms with E-state index >= 15 is 0 Å². The lowest BCUT2D eigenvalue weighted by atomic mass is 9.99. The molecule has 1 atom stereocenters. The average Bonchev–Trinajstić information content (AvgIpc) is 3.08. The summed E-state index contributed by atoms with van der Waals surface area (Å²) in [5.41, 5.74) is 1.74.